The van der Waals surface area contributed by atoms with E-state index in [1.807, 2.05) is 0 Å². The summed E-state index contributed by atoms with van der Waals surface area (Å²) in [5, 5.41) is 0. The van der Waals surface area contributed by atoms with Crippen molar-refractivity contribution in [2.24, 2.45) is 5.92 Å². The third kappa shape index (κ3) is 7.26. The van der Waals surface area contributed by atoms with Gasteiger partial charge in [-0.1, -0.05) is 0 Å². The summed E-state index contributed by atoms with van der Waals surface area (Å²) >= 11 is 0. The maximum atomic E-state index is 11.5. The van der Waals surface area contributed by atoms with Gasteiger partial charge in [0.1, 0.15) is 0 Å². The fourth-order valence-corrected chi connectivity index (χ4v) is 1.72. The van der Waals surface area contributed by atoms with Gasteiger partial charge in [-0.05, 0) is 26.7 Å². The molecule has 0 unspecified atom stereocenters. The van der Waals surface area contributed by atoms with Crippen molar-refractivity contribution < 1.29 is 28.8 Å². The topological polar surface area (TPSA) is 93.1 Å². The molecule has 0 aromatic carbocycles. The minimum absolute atomic E-state index is 0.171. The van der Waals surface area contributed by atoms with Crippen LogP contribution in [0.3, 0.4) is 0 Å². The van der Waals surface area contributed by atoms with E-state index in [-0.39, 0.29) is 25.8 Å². The Kier molecular flexibility index (Phi) is 8.94. The van der Waals surface area contributed by atoms with E-state index in [0.717, 1.165) is 0 Å². The molecule has 0 aromatic heterocycles. The normalized spacial score (nSPS) is 10.7. The minimum atomic E-state index is -1.99. The number of rotatable bonds is 8. The molecular weight excluding hydrogens is 247 g/mol. The van der Waals surface area contributed by atoms with Gasteiger partial charge in [-0.15, -0.1) is 0 Å². The fourth-order valence-electron chi connectivity index (χ4n) is 1.25. The molecule has 0 fully saturated rings. The van der Waals surface area contributed by atoms with Crippen LogP contribution in [0.5, 0.6) is 0 Å². The van der Waals surface area contributed by atoms with E-state index in [1.165, 1.54) is 0 Å². The number of hydrogen-bond acceptors (Lipinski definition) is 6. The molecule has 0 atom stereocenters. The molecule has 6 nitrogen and oxygen atoms in total. The van der Waals surface area contributed by atoms with E-state index < -0.39 is 26.2 Å². The van der Waals surface area contributed by atoms with Crippen molar-refractivity contribution in [1.82, 2.24) is 0 Å². The van der Waals surface area contributed by atoms with Gasteiger partial charge >= 0.3 is 11.9 Å². The summed E-state index contributed by atoms with van der Waals surface area (Å²) in [7, 11) is -1.99. The van der Waals surface area contributed by atoms with Crippen molar-refractivity contribution in [3.8, 4) is 0 Å². The van der Waals surface area contributed by atoms with Gasteiger partial charge in [-0.3, -0.25) is 9.59 Å². The molecule has 7 heteroatoms. The third-order valence-corrected chi connectivity index (χ3v) is 2.71. The highest BCUT2D eigenvalue weighted by Crippen LogP contribution is 2.25. The van der Waals surface area contributed by atoms with Crippen LogP contribution in [0.4, 0.5) is 0 Å². The molecule has 0 amide bonds. The van der Waals surface area contributed by atoms with E-state index in [4.69, 9.17) is 19.3 Å². The molecule has 2 N–H and O–H groups in total. The Bertz CT molecular complexity index is 225. The third-order valence-electron chi connectivity index (χ3n) is 1.99. The average Bonchev–Trinajstić information content (AvgIpc) is 2.24. The monoisotopic (exact) mass is 266 g/mol. The minimum Gasteiger partial charge on any atom is -0.465 e. The molecule has 0 heterocycles. The van der Waals surface area contributed by atoms with Crippen molar-refractivity contribution >= 4 is 20.3 Å². The second kappa shape index (κ2) is 9.33. The predicted octanol–water partition coefficient (Wildman–Crippen LogP) is 0.805. The number of ether oxygens (including phenoxy) is 2. The first-order valence-electron chi connectivity index (χ1n) is 5.51. The molecule has 100 valence electrons. The lowest BCUT2D eigenvalue weighted by atomic mass is 10.0. The molecule has 0 aliphatic carbocycles. The van der Waals surface area contributed by atoms with Gasteiger partial charge in [0.25, 0.3) is 0 Å². The lowest BCUT2D eigenvalue weighted by Gasteiger charge is -2.14. The summed E-state index contributed by atoms with van der Waals surface area (Å²) in [5.74, 6) is -2.21. The Morgan fingerprint density at radius 1 is 1.12 bits per heavy atom. The molecule has 0 rings (SSSR count). The Hall–Kier alpha value is -0.710. The van der Waals surface area contributed by atoms with Crippen LogP contribution < -0.4 is 0 Å². The fraction of sp³-hybridized carbons (Fsp3) is 0.800. The first-order valence-corrected chi connectivity index (χ1v) is 6.94. The zero-order valence-electron chi connectivity index (χ0n) is 10.1. The molecule has 0 saturated carbocycles. The summed E-state index contributed by atoms with van der Waals surface area (Å²) in [5.41, 5.74) is 0. The van der Waals surface area contributed by atoms with Crippen LogP contribution in [-0.4, -0.2) is 41.1 Å². The Morgan fingerprint density at radius 3 is 1.94 bits per heavy atom. The van der Waals surface area contributed by atoms with Crippen LogP contribution in [0.2, 0.25) is 0 Å². The Labute approximate surface area is 102 Å². The van der Waals surface area contributed by atoms with E-state index in [2.05, 4.69) is 0 Å². The van der Waals surface area contributed by atoms with Crippen molar-refractivity contribution in [1.29, 1.82) is 0 Å². The maximum absolute atomic E-state index is 11.5. The molecular formula is C10H19O6P. The molecule has 0 aliphatic rings. The van der Waals surface area contributed by atoms with Crippen LogP contribution in [0.1, 0.15) is 26.7 Å². The SMILES string of the molecule is CCOC(=O)C(CCCP(O)O)C(=O)OCC. The lowest BCUT2D eigenvalue weighted by Crippen LogP contribution is -2.28. The standard InChI is InChI=1S/C10H19O6P/c1-3-15-9(11)8(10(12)16-4-2)6-5-7-17(13)14/h8,13-14H,3-7H2,1-2H3. The molecule has 0 bridgehead atoms. The lowest BCUT2D eigenvalue weighted by molar-refractivity contribution is -0.161. The summed E-state index contributed by atoms with van der Waals surface area (Å²) in [6.45, 7) is 3.70. The van der Waals surface area contributed by atoms with Gasteiger partial charge in [-0.25, -0.2) is 0 Å². The smallest absolute Gasteiger partial charge is 0.320 e. The van der Waals surface area contributed by atoms with Gasteiger partial charge in [0.15, 0.2) is 14.3 Å². The van der Waals surface area contributed by atoms with Crippen molar-refractivity contribution in [3.63, 3.8) is 0 Å². The predicted molar refractivity (Wildman–Crippen MR) is 62.2 cm³/mol. The van der Waals surface area contributed by atoms with Crippen LogP contribution in [0.15, 0.2) is 0 Å². The van der Waals surface area contributed by atoms with E-state index >= 15 is 0 Å². The highest BCUT2D eigenvalue weighted by Gasteiger charge is 2.29. The van der Waals surface area contributed by atoms with Gasteiger partial charge in [0, 0.05) is 6.16 Å². The zero-order valence-corrected chi connectivity index (χ0v) is 11.0. The first-order chi connectivity index (χ1) is 8.02. The zero-order chi connectivity index (χ0) is 13.3. The van der Waals surface area contributed by atoms with E-state index in [0.29, 0.717) is 6.42 Å². The van der Waals surface area contributed by atoms with Crippen molar-refractivity contribution in [3.05, 3.63) is 0 Å². The highest BCUT2D eigenvalue weighted by molar-refractivity contribution is 7.45. The van der Waals surface area contributed by atoms with Crippen LogP contribution in [-0.2, 0) is 19.1 Å². The maximum Gasteiger partial charge on any atom is 0.320 e. The largest absolute Gasteiger partial charge is 0.465 e. The number of esters is 2. The van der Waals surface area contributed by atoms with E-state index in [1.54, 1.807) is 13.8 Å². The summed E-state index contributed by atoms with van der Waals surface area (Å²) in [4.78, 5) is 40.5. The summed E-state index contributed by atoms with van der Waals surface area (Å²) < 4.78 is 9.54. The number of carbonyl (C=O) groups is 2. The molecule has 0 aromatic rings. The number of carbonyl (C=O) groups excluding carboxylic acids is 2. The summed E-state index contributed by atoms with van der Waals surface area (Å²) in [6.07, 6.45) is 0.739. The molecule has 0 saturated heterocycles. The van der Waals surface area contributed by atoms with Crippen molar-refractivity contribution in [2.45, 2.75) is 26.7 Å². The van der Waals surface area contributed by atoms with Crippen LogP contribution in [0.25, 0.3) is 0 Å². The second-order valence-corrected chi connectivity index (χ2v) is 4.49. The summed E-state index contributed by atoms with van der Waals surface area (Å²) in [6, 6.07) is 0. The van der Waals surface area contributed by atoms with Gasteiger partial charge in [0.05, 0.1) is 13.2 Å². The van der Waals surface area contributed by atoms with Crippen LogP contribution in [0, 0.1) is 5.92 Å². The molecule has 0 aliphatic heterocycles. The highest BCUT2D eigenvalue weighted by atomic mass is 31.2. The van der Waals surface area contributed by atoms with Crippen LogP contribution >= 0.6 is 8.38 Å². The Balaban J connectivity index is 4.29. The van der Waals surface area contributed by atoms with Gasteiger partial charge < -0.3 is 19.3 Å². The van der Waals surface area contributed by atoms with Gasteiger partial charge in [-0.2, -0.15) is 0 Å². The molecule has 17 heavy (non-hydrogen) atoms. The quantitative estimate of drug-likeness (QED) is 0.383. The molecule has 0 spiro atoms. The average molecular weight is 266 g/mol. The number of hydrogen-bond donors (Lipinski definition) is 2. The second-order valence-electron chi connectivity index (χ2n) is 3.29. The Morgan fingerprint density at radius 2 is 1.59 bits per heavy atom. The molecule has 0 radical (unpaired) electrons. The van der Waals surface area contributed by atoms with Gasteiger partial charge in [0.2, 0.25) is 0 Å². The van der Waals surface area contributed by atoms with Crippen molar-refractivity contribution in [2.75, 3.05) is 19.4 Å². The first kappa shape index (κ1) is 16.3. The van der Waals surface area contributed by atoms with E-state index in [9.17, 15) is 9.59 Å².